The molecule has 0 amide bonds. The molecular formula is C19H22ClN5O. The molecule has 136 valence electrons. The second-order valence-electron chi connectivity index (χ2n) is 7.25. The third kappa shape index (κ3) is 2.77. The minimum absolute atomic E-state index is 0.354. The van der Waals surface area contributed by atoms with Gasteiger partial charge >= 0.3 is 0 Å². The Morgan fingerprint density at radius 2 is 1.88 bits per heavy atom. The number of nitrogens with zero attached hydrogens (tertiary/aromatic N) is 5. The summed E-state index contributed by atoms with van der Waals surface area (Å²) < 4.78 is 9.50. The van der Waals surface area contributed by atoms with Crippen LogP contribution in [0.5, 0.6) is 0 Å². The normalized spacial score (nSPS) is 18.8. The molecule has 1 saturated carbocycles. The summed E-state index contributed by atoms with van der Waals surface area (Å²) in [6.45, 7) is 1.91. The molecule has 1 aromatic carbocycles. The number of halogens is 1. The average molecular weight is 372 g/mol. The van der Waals surface area contributed by atoms with Gasteiger partial charge in [-0.05, 0) is 37.8 Å². The van der Waals surface area contributed by atoms with Gasteiger partial charge in [-0.15, -0.1) is 0 Å². The van der Waals surface area contributed by atoms with E-state index in [1.165, 1.54) is 12.8 Å². The third-order valence-electron chi connectivity index (χ3n) is 5.51. The zero-order valence-corrected chi connectivity index (χ0v) is 15.6. The molecule has 2 fully saturated rings. The Bertz CT molecular complexity index is 937. The Morgan fingerprint density at radius 1 is 1.08 bits per heavy atom. The zero-order valence-electron chi connectivity index (χ0n) is 14.8. The largest absolute Gasteiger partial charge is 0.381 e. The highest BCUT2D eigenvalue weighted by Crippen LogP contribution is 2.36. The Balaban J connectivity index is 1.50. The first-order chi connectivity index (χ1) is 12.7. The number of anilines is 1. The van der Waals surface area contributed by atoms with Crippen molar-refractivity contribution in [3.8, 4) is 5.69 Å². The molecule has 3 heterocycles. The summed E-state index contributed by atoms with van der Waals surface area (Å²) in [6, 6.07) is 4.74. The molecule has 6 nitrogen and oxygen atoms in total. The minimum atomic E-state index is 0.354. The van der Waals surface area contributed by atoms with E-state index in [1.807, 2.05) is 23.1 Å². The van der Waals surface area contributed by atoms with Gasteiger partial charge in [0.2, 0.25) is 0 Å². The van der Waals surface area contributed by atoms with Gasteiger partial charge in [0, 0.05) is 25.6 Å². The Labute approximate surface area is 157 Å². The molecule has 2 aliphatic rings. The monoisotopic (exact) mass is 371 g/mol. The molecule has 3 aromatic rings. The van der Waals surface area contributed by atoms with Crippen molar-refractivity contribution in [3.05, 3.63) is 35.7 Å². The maximum Gasteiger partial charge on any atom is 0.103 e. The van der Waals surface area contributed by atoms with E-state index in [0.717, 1.165) is 53.2 Å². The van der Waals surface area contributed by atoms with E-state index in [-0.39, 0.29) is 0 Å². The van der Waals surface area contributed by atoms with E-state index >= 15 is 0 Å². The molecule has 1 aliphatic heterocycles. The van der Waals surface area contributed by atoms with Crippen LogP contribution in [0.15, 0.2) is 30.7 Å². The summed E-state index contributed by atoms with van der Waals surface area (Å²) in [5.41, 5.74) is 3.14. The third-order valence-corrected chi connectivity index (χ3v) is 5.81. The van der Waals surface area contributed by atoms with Crippen LogP contribution in [-0.2, 0) is 4.74 Å². The molecule has 2 aromatic heterocycles. The van der Waals surface area contributed by atoms with Crippen LogP contribution in [-0.4, -0.2) is 45.9 Å². The van der Waals surface area contributed by atoms with Gasteiger partial charge in [-0.25, -0.2) is 4.68 Å². The molecule has 0 radical (unpaired) electrons. The summed E-state index contributed by atoms with van der Waals surface area (Å²) in [6.07, 6.45) is 10.7. The molecule has 7 heteroatoms. The van der Waals surface area contributed by atoms with Crippen LogP contribution in [0.2, 0.25) is 5.02 Å². The Morgan fingerprint density at radius 3 is 2.62 bits per heavy atom. The lowest BCUT2D eigenvalue weighted by atomic mass is 10.1. The molecule has 0 N–H and O–H groups in total. The van der Waals surface area contributed by atoms with Gasteiger partial charge in [-0.2, -0.15) is 10.2 Å². The lowest BCUT2D eigenvalue weighted by molar-refractivity contribution is 0.0819. The smallest absolute Gasteiger partial charge is 0.103 e. The molecular weight excluding hydrogens is 350 g/mol. The van der Waals surface area contributed by atoms with Crippen molar-refractivity contribution in [2.75, 3.05) is 25.1 Å². The first kappa shape index (κ1) is 16.1. The Hall–Kier alpha value is -2.05. The van der Waals surface area contributed by atoms with Crippen LogP contribution in [0.25, 0.3) is 16.6 Å². The van der Waals surface area contributed by atoms with Crippen LogP contribution >= 0.6 is 11.6 Å². The van der Waals surface area contributed by atoms with Crippen LogP contribution in [0.1, 0.15) is 31.7 Å². The topological polar surface area (TPSA) is 48.1 Å². The van der Waals surface area contributed by atoms with Crippen molar-refractivity contribution in [1.29, 1.82) is 0 Å². The number of piperidine rings is 1. The van der Waals surface area contributed by atoms with Crippen molar-refractivity contribution in [1.82, 2.24) is 19.6 Å². The average Bonchev–Trinajstić information content (AvgIpc) is 3.26. The number of ether oxygens (including phenoxy) is 1. The van der Waals surface area contributed by atoms with Gasteiger partial charge in [-0.3, -0.25) is 4.68 Å². The lowest BCUT2D eigenvalue weighted by Gasteiger charge is -2.33. The van der Waals surface area contributed by atoms with E-state index in [9.17, 15) is 0 Å². The highest BCUT2D eigenvalue weighted by atomic mass is 35.5. The van der Waals surface area contributed by atoms with Crippen molar-refractivity contribution in [3.63, 3.8) is 0 Å². The van der Waals surface area contributed by atoms with E-state index in [0.29, 0.717) is 12.1 Å². The summed E-state index contributed by atoms with van der Waals surface area (Å²) in [7, 11) is 1.79. The van der Waals surface area contributed by atoms with Crippen LogP contribution in [0, 0.1) is 0 Å². The van der Waals surface area contributed by atoms with Gasteiger partial charge in [0.25, 0.3) is 0 Å². The van der Waals surface area contributed by atoms with Crippen LogP contribution in [0.4, 0.5) is 5.69 Å². The molecule has 5 rings (SSSR count). The van der Waals surface area contributed by atoms with E-state index in [2.05, 4.69) is 32.0 Å². The maximum absolute atomic E-state index is 6.59. The second kappa shape index (κ2) is 6.28. The SMILES string of the molecule is COC1CCN(c2cc3c(cnn3-c3cnn(C4CC4)c3)cc2Cl)CC1. The number of methoxy groups -OCH3 is 1. The van der Waals surface area contributed by atoms with Crippen molar-refractivity contribution >= 4 is 28.2 Å². The highest BCUT2D eigenvalue weighted by molar-refractivity contribution is 6.34. The number of rotatable bonds is 4. The van der Waals surface area contributed by atoms with Gasteiger partial charge in [0.05, 0.1) is 47.0 Å². The quantitative estimate of drug-likeness (QED) is 0.699. The maximum atomic E-state index is 6.59. The summed E-state index contributed by atoms with van der Waals surface area (Å²) >= 11 is 6.59. The van der Waals surface area contributed by atoms with Gasteiger partial charge in [0.15, 0.2) is 0 Å². The Kier molecular flexibility index (Phi) is 3.90. The zero-order chi connectivity index (χ0) is 17.7. The molecule has 1 saturated heterocycles. The van der Waals surface area contributed by atoms with Crippen molar-refractivity contribution in [2.45, 2.75) is 37.8 Å². The van der Waals surface area contributed by atoms with E-state index in [1.54, 1.807) is 7.11 Å². The summed E-state index contributed by atoms with van der Waals surface area (Å²) in [4.78, 5) is 2.35. The number of benzene rings is 1. The fourth-order valence-corrected chi connectivity index (χ4v) is 4.08. The predicted molar refractivity (Wildman–Crippen MR) is 102 cm³/mol. The second-order valence-corrected chi connectivity index (χ2v) is 7.66. The van der Waals surface area contributed by atoms with E-state index < -0.39 is 0 Å². The first-order valence-corrected chi connectivity index (χ1v) is 9.60. The minimum Gasteiger partial charge on any atom is -0.381 e. The standard InChI is InChI=1S/C19H22ClN5O/c1-26-16-4-6-23(7-5-16)19-9-18-13(8-17(19)20)10-22-25(18)15-11-21-24(12-15)14-2-3-14/h8-12,14,16H,2-7H2,1H3. The lowest BCUT2D eigenvalue weighted by Crippen LogP contribution is -2.36. The highest BCUT2D eigenvalue weighted by Gasteiger charge is 2.25. The molecule has 26 heavy (non-hydrogen) atoms. The van der Waals surface area contributed by atoms with E-state index in [4.69, 9.17) is 16.3 Å². The van der Waals surface area contributed by atoms with Gasteiger partial charge in [-0.1, -0.05) is 11.6 Å². The number of hydrogen-bond acceptors (Lipinski definition) is 4. The van der Waals surface area contributed by atoms with Crippen LogP contribution in [0.3, 0.4) is 0 Å². The van der Waals surface area contributed by atoms with Gasteiger partial charge < -0.3 is 9.64 Å². The fraction of sp³-hybridized carbons (Fsp3) is 0.474. The molecule has 0 atom stereocenters. The number of hydrogen-bond donors (Lipinski definition) is 0. The molecule has 0 spiro atoms. The number of aromatic nitrogens is 4. The predicted octanol–water partition coefficient (Wildman–Crippen LogP) is 3.83. The molecule has 0 bridgehead atoms. The molecule has 1 aliphatic carbocycles. The molecule has 0 unspecified atom stereocenters. The number of fused-ring (bicyclic) bond motifs is 1. The van der Waals surface area contributed by atoms with Gasteiger partial charge in [0.1, 0.15) is 5.69 Å². The van der Waals surface area contributed by atoms with Crippen LogP contribution < -0.4 is 4.90 Å². The van der Waals surface area contributed by atoms with Crippen molar-refractivity contribution in [2.24, 2.45) is 0 Å². The van der Waals surface area contributed by atoms with Crippen molar-refractivity contribution < 1.29 is 4.74 Å². The fourth-order valence-electron chi connectivity index (χ4n) is 3.79. The summed E-state index contributed by atoms with van der Waals surface area (Å²) in [5.74, 6) is 0. The summed E-state index contributed by atoms with van der Waals surface area (Å²) in [5, 5.41) is 10.9. The first-order valence-electron chi connectivity index (χ1n) is 9.22.